The maximum Gasteiger partial charge on any atom is 0.206 e. The number of aryl methyl sites for hydroxylation is 1. The van der Waals surface area contributed by atoms with Gasteiger partial charge in [0.15, 0.2) is 0 Å². The summed E-state index contributed by atoms with van der Waals surface area (Å²) in [6.07, 6.45) is 0.730. The molecular weight excluding hydrogens is 665 g/mol. The highest BCUT2D eigenvalue weighted by molar-refractivity contribution is 7.91. The Hall–Kier alpha value is -5.70. The Morgan fingerprint density at radius 3 is 1.24 bits per heavy atom. The van der Waals surface area contributed by atoms with Crippen LogP contribution < -0.4 is 9.47 Å². The summed E-state index contributed by atoms with van der Waals surface area (Å²) in [5.74, 6) is 2.14. The second kappa shape index (κ2) is 13.7. The molecule has 0 spiro atoms. The third kappa shape index (κ3) is 7.17. The van der Waals surface area contributed by atoms with Crippen LogP contribution in [0.15, 0.2) is 183 Å². The number of hydrogen-bond donors (Lipinski definition) is 0. The number of benzene rings is 7. The van der Waals surface area contributed by atoms with Crippen LogP contribution in [0.1, 0.15) is 16.7 Å². The van der Waals surface area contributed by atoms with Crippen molar-refractivity contribution in [1.82, 2.24) is 0 Å². The van der Waals surface area contributed by atoms with Crippen LogP contribution >= 0.6 is 0 Å². The summed E-state index contributed by atoms with van der Waals surface area (Å²) >= 11 is 0. The van der Waals surface area contributed by atoms with Crippen molar-refractivity contribution < 1.29 is 26.3 Å². The van der Waals surface area contributed by atoms with Gasteiger partial charge in [-0.2, -0.15) is 0 Å². The Labute approximate surface area is 292 Å². The van der Waals surface area contributed by atoms with Gasteiger partial charge >= 0.3 is 0 Å². The first-order valence-corrected chi connectivity index (χ1v) is 18.9. The minimum Gasteiger partial charge on any atom is -0.457 e. The van der Waals surface area contributed by atoms with E-state index in [1.807, 2.05) is 85.8 Å². The predicted octanol–water partition coefficient (Wildman–Crippen LogP) is 9.99. The SMILES string of the molecule is Cc1ccc(S(=O)(=O)c2ccc(Oc3ccc4ccc(Oc5ccc(S(=O)(=O)c6ccc(Cc7ccccc7)cc6)cc5)cc4c3)cc2)cc1. The monoisotopic (exact) mass is 696 g/mol. The van der Waals surface area contributed by atoms with E-state index in [0.29, 0.717) is 23.0 Å². The lowest BCUT2D eigenvalue weighted by molar-refractivity contribution is 0.481. The molecule has 7 rings (SSSR count). The summed E-state index contributed by atoms with van der Waals surface area (Å²) in [5.41, 5.74) is 3.19. The minimum atomic E-state index is -3.70. The molecule has 8 heteroatoms. The molecule has 0 saturated carbocycles. The van der Waals surface area contributed by atoms with Crippen LogP contribution in [-0.4, -0.2) is 16.8 Å². The van der Waals surface area contributed by atoms with Crippen LogP contribution in [0.25, 0.3) is 10.8 Å². The Morgan fingerprint density at radius 1 is 0.400 bits per heavy atom. The average molecular weight is 697 g/mol. The van der Waals surface area contributed by atoms with E-state index in [4.69, 9.17) is 9.47 Å². The fourth-order valence-corrected chi connectivity index (χ4v) is 8.11. The van der Waals surface area contributed by atoms with Crippen molar-refractivity contribution in [3.05, 3.63) is 180 Å². The second-order valence-corrected chi connectivity index (χ2v) is 15.8. The lowest BCUT2D eigenvalue weighted by Crippen LogP contribution is -2.02. The van der Waals surface area contributed by atoms with Gasteiger partial charge in [0.1, 0.15) is 23.0 Å². The van der Waals surface area contributed by atoms with Crippen molar-refractivity contribution in [2.24, 2.45) is 0 Å². The van der Waals surface area contributed by atoms with Crippen molar-refractivity contribution in [3.63, 3.8) is 0 Å². The van der Waals surface area contributed by atoms with Gasteiger partial charge in [0, 0.05) is 0 Å². The highest BCUT2D eigenvalue weighted by Crippen LogP contribution is 2.32. The van der Waals surface area contributed by atoms with E-state index in [2.05, 4.69) is 0 Å². The molecule has 0 radical (unpaired) electrons. The van der Waals surface area contributed by atoms with E-state index < -0.39 is 19.7 Å². The molecule has 0 atom stereocenters. The molecule has 6 nitrogen and oxygen atoms in total. The zero-order valence-corrected chi connectivity index (χ0v) is 28.7. The molecule has 0 amide bonds. The molecule has 50 heavy (non-hydrogen) atoms. The third-order valence-corrected chi connectivity index (χ3v) is 11.9. The lowest BCUT2D eigenvalue weighted by Gasteiger charge is -2.11. The second-order valence-electron chi connectivity index (χ2n) is 11.9. The van der Waals surface area contributed by atoms with Crippen LogP contribution in [0.5, 0.6) is 23.0 Å². The zero-order chi connectivity index (χ0) is 34.7. The largest absolute Gasteiger partial charge is 0.457 e. The van der Waals surface area contributed by atoms with E-state index >= 15 is 0 Å². The fraction of sp³-hybridized carbons (Fsp3) is 0.0476. The van der Waals surface area contributed by atoms with Gasteiger partial charge in [0.05, 0.1) is 19.6 Å². The van der Waals surface area contributed by atoms with Crippen molar-refractivity contribution in [2.75, 3.05) is 0 Å². The topological polar surface area (TPSA) is 86.7 Å². The number of rotatable bonds is 10. The maximum atomic E-state index is 13.3. The van der Waals surface area contributed by atoms with E-state index in [0.717, 1.165) is 33.9 Å². The third-order valence-electron chi connectivity index (χ3n) is 8.34. The smallest absolute Gasteiger partial charge is 0.206 e. The summed E-state index contributed by atoms with van der Waals surface area (Å²) < 4.78 is 64.9. The van der Waals surface area contributed by atoms with Crippen LogP contribution in [0, 0.1) is 6.92 Å². The van der Waals surface area contributed by atoms with Gasteiger partial charge in [0.25, 0.3) is 0 Å². The van der Waals surface area contributed by atoms with Gasteiger partial charge in [-0.25, -0.2) is 16.8 Å². The molecule has 0 aliphatic heterocycles. The molecule has 0 saturated heterocycles. The van der Waals surface area contributed by atoms with Gasteiger partial charge < -0.3 is 9.47 Å². The van der Waals surface area contributed by atoms with Gasteiger partial charge in [-0.3, -0.25) is 0 Å². The van der Waals surface area contributed by atoms with Gasteiger partial charge in [-0.15, -0.1) is 0 Å². The standard InChI is InChI=1S/C42H32O6S2/c1-30-7-19-39(20-8-30)49(43,44)41-23-15-35(16-24-41)47-37-13-11-33-12-14-38(29-34(33)28-37)48-36-17-25-42(26-18-36)50(45,46)40-21-9-32(10-22-40)27-31-5-3-2-4-6-31/h2-26,28-29H,27H2,1H3. The maximum absolute atomic E-state index is 13.3. The lowest BCUT2D eigenvalue weighted by atomic mass is 10.1. The highest BCUT2D eigenvalue weighted by atomic mass is 32.2. The normalized spacial score (nSPS) is 11.7. The number of hydrogen-bond acceptors (Lipinski definition) is 6. The van der Waals surface area contributed by atoms with E-state index in [-0.39, 0.29) is 19.6 Å². The molecule has 0 heterocycles. The van der Waals surface area contributed by atoms with Crippen LogP contribution in [0.2, 0.25) is 0 Å². The summed E-state index contributed by atoms with van der Waals surface area (Å²) in [6, 6.07) is 47.8. The van der Waals surface area contributed by atoms with E-state index in [9.17, 15) is 16.8 Å². The summed E-state index contributed by atoms with van der Waals surface area (Å²) in [4.78, 5) is 0.846. The summed E-state index contributed by atoms with van der Waals surface area (Å²) in [7, 11) is -7.34. The van der Waals surface area contributed by atoms with Crippen molar-refractivity contribution in [3.8, 4) is 23.0 Å². The van der Waals surface area contributed by atoms with E-state index in [1.54, 1.807) is 72.8 Å². The number of ether oxygens (including phenoxy) is 2. The van der Waals surface area contributed by atoms with Gasteiger partial charge in [-0.05, 0) is 132 Å². The number of sulfone groups is 2. The molecular formula is C42H32O6S2. The fourth-order valence-electron chi connectivity index (χ4n) is 5.58. The highest BCUT2D eigenvalue weighted by Gasteiger charge is 2.19. The quantitative estimate of drug-likeness (QED) is 0.142. The van der Waals surface area contributed by atoms with Crippen LogP contribution in [0.3, 0.4) is 0 Å². The molecule has 0 aromatic heterocycles. The average Bonchev–Trinajstić information content (AvgIpc) is 3.13. The van der Waals surface area contributed by atoms with Gasteiger partial charge in [-0.1, -0.05) is 72.3 Å². The van der Waals surface area contributed by atoms with Gasteiger partial charge in [0.2, 0.25) is 19.7 Å². The molecule has 0 N–H and O–H groups in total. The van der Waals surface area contributed by atoms with Crippen molar-refractivity contribution in [2.45, 2.75) is 32.9 Å². The Kier molecular flexibility index (Phi) is 8.97. The molecule has 0 aliphatic rings. The molecule has 7 aromatic rings. The zero-order valence-electron chi connectivity index (χ0n) is 27.1. The Bertz CT molecular complexity index is 2490. The molecule has 0 fully saturated rings. The summed E-state index contributed by atoms with van der Waals surface area (Å²) in [5, 5.41) is 1.84. The molecule has 0 aliphatic carbocycles. The molecule has 0 bridgehead atoms. The van der Waals surface area contributed by atoms with Crippen LogP contribution in [-0.2, 0) is 26.1 Å². The predicted molar refractivity (Wildman–Crippen MR) is 195 cm³/mol. The number of fused-ring (bicyclic) bond motifs is 1. The minimum absolute atomic E-state index is 0.182. The first-order chi connectivity index (χ1) is 24.1. The molecule has 7 aromatic carbocycles. The first kappa shape index (κ1) is 32.8. The summed E-state index contributed by atoms with van der Waals surface area (Å²) in [6.45, 7) is 1.91. The Morgan fingerprint density at radius 2 is 0.780 bits per heavy atom. The molecule has 248 valence electrons. The Balaban J connectivity index is 1.02. The molecule has 0 unspecified atom stereocenters. The first-order valence-electron chi connectivity index (χ1n) is 15.9. The van der Waals surface area contributed by atoms with Crippen molar-refractivity contribution >= 4 is 30.4 Å². The van der Waals surface area contributed by atoms with Crippen molar-refractivity contribution in [1.29, 1.82) is 0 Å². The van der Waals surface area contributed by atoms with E-state index in [1.165, 1.54) is 12.1 Å². The van der Waals surface area contributed by atoms with Crippen LogP contribution in [0.4, 0.5) is 0 Å².